The van der Waals surface area contributed by atoms with E-state index in [1.165, 1.54) is 18.3 Å². The lowest BCUT2D eigenvalue weighted by Crippen LogP contribution is -2.05. The average molecular weight is 313 g/mol. The number of rotatable bonds is 5. The molecule has 0 bridgehead atoms. The molecule has 116 valence electrons. The van der Waals surface area contributed by atoms with Gasteiger partial charge in [0, 0.05) is 18.8 Å². The smallest absolute Gasteiger partial charge is 0.340 e. The van der Waals surface area contributed by atoms with Crippen molar-refractivity contribution < 1.29 is 18.4 Å². The fourth-order valence-corrected chi connectivity index (χ4v) is 1.90. The highest BCUT2D eigenvalue weighted by molar-refractivity contribution is 5.88. The Hall–Kier alpha value is -3.09. The number of benzene rings is 1. The van der Waals surface area contributed by atoms with Crippen LogP contribution < -0.4 is 0 Å². The summed E-state index contributed by atoms with van der Waals surface area (Å²) >= 11 is 0. The molecule has 0 radical (unpaired) electrons. The molecule has 1 aromatic carbocycles. The average Bonchev–Trinajstić information content (AvgIpc) is 3.03. The van der Waals surface area contributed by atoms with Crippen molar-refractivity contribution in [3.8, 4) is 0 Å². The molecule has 0 spiro atoms. The van der Waals surface area contributed by atoms with Crippen LogP contribution in [0.2, 0.25) is 0 Å². The Labute approximate surface area is 130 Å². The Morgan fingerprint density at radius 2 is 2.04 bits per heavy atom. The van der Waals surface area contributed by atoms with Crippen LogP contribution in [0.15, 0.2) is 53.3 Å². The molecule has 0 saturated carbocycles. The van der Waals surface area contributed by atoms with Crippen molar-refractivity contribution >= 4 is 5.97 Å². The van der Waals surface area contributed by atoms with Gasteiger partial charge in [0.05, 0.1) is 5.56 Å². The fraction of sp³-hybridized carbons (Fsp3) is 0.125. The molecule has 7 heteroatoms. The van der Waals surface area contributed by atoms with Crippen LogP contribution in [0.3, 0.4) is 0 Å². The third-order valence-electron chi connectivity index (χ3n) is 3.01. The normalized spacial score (nSPS) is 10.5. The third-order valence-corrected chi connectivity index (χ3v) is 3.01. The van der Waals surface area contributed by atoms with Gasteiger partial charge in [-0.15, -0.1) is 0 Å². The first-order chi connectivity index (χ1) is 11.2. The number of carbonyl (C=O) groups is 1. The Morgan fingerprint density at radius 1 is 1.22 bits per heavy atom. The van der Waals surface area contributed by atoms with E-state index >= 15 is 0 Å². The summed E-state index contributed by atoms with van der Waals surface area (Å²) in [6, 6.07) is 9.27. The number of pyridine rings is 1. The number of ether oxygens (including phenoxy) is 1. The maximum Gasteiger partial charge on any atom is 0.340 e. The Morgan fingerprint density at radius 3 is 2.78 bits per heavy atom. The number of carbonyl (C=O) groups excluding carboxylic acids is 1. The number of hydrogen-bond acceptors (Lipinski definition) is 6. The molecule has 0 amide bonds. The third kappa shape index (κ3) is 3.97. The van der Waals surface area contributed by atoms with Crippen molar-refractivity contribution in [1.82, 2.24) is 15.1 Å². The zero-order valence-electron chi connectivity index (χ0n) is 12.0. The fourth-order valence-electron chi connectivity index (χ4n) is 1.90. The topological polar surface area (TPSA) is 78.1 Å². The molecule has 2 heterocycles. The van der Waals surface area contributed by atoms with Gasteiger partial charge in [0.2, 0.25) is 0 Å². The molecular formula is C16H12FN3O3. The molecule has 0 N–H and O–H groups in total. The predicted molar refractivity (Wildman–Crippen MR) is 76.9 cm³/mol. The molecule has 3 rings (SSSR count). The summed E-state index contributed by atoms with van der Waals surface area (Å²) in [4.78, 5) is 19.7. The van der Waals surface area contributed by atoms with Crippen LogP contribution in [0.5, 0.6) is 0 Å². The first kappa shape index (κ1) is 14.8. The SMILES string of the molecule is O=C(OCc1nc(Cc2ccc(F)cc2)no1)c1cccnc1. The molecule has 2 aromatic heterocycles. The van der Waals surface area contributed by atoms with Gasteiger partial charge in [-0.05, 0) is 29.8 Å². The van der Waals surface area contributed by atoms with E-state index < -0.39 is 5.97 Å². The Kier molecular flexibility index (Phi) is 4.37. The highest BCUT2D eigenvalue weighted by Crippen LogP contribution is 2.09. The van der Waals surface area contributed by atoms with Crippen LogP contribution >= 0.6 is 0 Å². The second-order valence-corrected chi connectivity index (χ2v) is 4.73. The van der Waals surface area contributed by atoms with E-state index in [-0.39, 0.29) is 18.3 Å². The molecular weight excluding hydrogens is 301 g/mol. The zero-order valence-corrected chi connectivity index (χ0v) is 12.0. The quantitative estimate of drug-likeness (QED) is 0.674. The number of halogens is 1. The van der Waals surface area contributed by atoms with Crippen molar-refractivity contribution in [3.05, 3.63) is 77.5 Å². The summed E-state index contributed by atoms with van der Waals surface area (Å²) in [6.07, 6.45) is 3.38. The molecule has 0 saturated heterocycles. The van der Waals surface area contributed by atoms with E-state index in [2.05, 4.69) is 15.1 Å². The lowest BCUT2D eigenvalue weighted by molar-refractivity contribution is 0.0429. The molecule has 0 aliphatic rings. The minimum atomic E-state index is -0.517. The highest BCUT2D eigenvalue weighted by atomic mass is 19.1. The van der Waals surface area contributed by atoms with Gasteiger partial charge in [-0.1, -0.05) is 17.3 Å². The van der Waals surface area contributed by atoms with Gasteiger partial charge in [-0.2, -0.15) is 4.98 Å². The maximum absolute atomic E-state index is 12.8. The van der Waals surface area contributed by atoms with Gasteiger partial charge in [-0.3, -0.25) is 4.98 Å². The van der Waals surface area contributed by atoms with Gasteiger partial charge in [0.15, 0.2) is 12.4 Å². The van der Waals surface area contributed by atoms with E-state index in [0.29, 0.717) is 17.8 Å². The standard InChI is InChI=1S/C16H12FN3O3/c17-13-5-3-11(4-6-13)8-14-19-15(23-20-14)10-22-16(21)12-2-1-7-18-9-12/h1-7,9H,8,10H2. The van der Waals surface area contributed by atoms with E-state index in [0.717, 1.165) is 5.56 Å². The van der Waals surface area contributed by atoms with Gasteiger partial charge in [0.1, 0.15) is 5.82 Å². The van der Waals surface area contributed by atoms with Crippen molar-refractivity contribution in [3.63, 3.8) is 0 Å². The van der Waals surface area contributed by atoms with Gasteiger partial charge >= 0.3 is 5.97 Å². The minimum absolute atomic E-state index is 0.121. The van der Waals surface area contributed by atoms with Gasteiger partial charge in [-0.25, -0.2) is 9.18 Å². The molecule has 0 unspecified atom stereocenters. The minimum Gasteiger partial charge on any atom is -0.452 e. The highest BCUT2D eigenvalue weighted by Gasteiger charge is 2.11. The van der Waals surface area contributed by atoms with E-state index in [4.69, 9.17) is 9.26 Å². The maximum atomic E-state index is 12.8. The van der Waals surface area contributed by atoms with Crippen LogP contribution in [0.4, 0.5) is 4.39 Å². The number of hydrogen-bond donors (Lipinski definition) is 0. The Bertz CT molecular complexity index is 788. The van der Waals surface area contributed by atoms with Crippen molar-refractivity contribution in [1.29, 1.82) is 0 Å². The first-order valence-corrected chi connectivity index (χ1v) is 6.84. The van der Waals surface area contributed by atoms with Crippen LogP contribution in [-0.2, 0) is 17.8 Å². The summed E-state index contributed by atoms with van der Waals surface area (Å²) in [7, 11) is 0. The molecule has 0 atom stereocenters. The van der Waals surface area contributed by atoms with Crippen LogP contribution in [0.25, 0.3) is 0 Å². The second kappa shape index (κ2) is 6.78. The summed E-state index contributed by atoms with van der Waals surface area (Å²) in [5.41, 5.74) is 1.20. The molecule has 0 aliphatic carbocycles. The van der Waals surface area contributed by atoms with Crippen LogP contribution in [-0.4, -0.2) is 21.1 Å². The lowest BCUT2D eigenvalue weighted by Gasteiger charge is -2.00. The van der Waals surface area contributed by atoms with E-state index in [1.54, 1.807) is 30.5 Å². The molecule has 6 nitrogen and oxygen atoms in total. The predicted octanol–water partition coefficient (Wildman–Crippen LogP) is 2.55. The summed E-state index contributed by atoms with van der Waals surface area (Å²) in [5, 5.41) is 3.80. The summed E-state index contributed by atoms with van der Waals surface area (Å²) < 4.78 is 22.9. The second-order valence-electron chi connectivity index (χ2n) is 4.73. The van der Waals surface area contributed by atoms with Crippen LogP contribution in [0, 0.1) is 5.82 Å². The van der Waals surface area contributed by atoms with Gasteiger partial charge in [0.25, 0.3) is 5.89 Å². The van der Waals surface area contributed by atoms with Gasteiger partial charge < -0.3 is 9.26 Å². The number of esters is 1. The summed E-state index contributed by atoms with van der Waals surface area (Å²) in [6.45, 7) is -0.121. The van der Waals surface area contributed by atoms with Crippen LogP contribution in [0.1, 0.15) is 27.6 Å². The molecule has 0 fully saturated rings. The van der Waals surface area contributed by atoms with E-state index in [9.17, 15) is 9.18 Å². The molecule has 0 aliphatic heterocycles. The Balaban J connectivity index is 1.57. The number of nitrogens with zero attached hydrogens (tertiary/aromatic N) is 3. The van der Waals surface area contributed by atoms with Crippen molar-refractivity contribution in [2.75, 3.05) is 0 Å². The first-order valence-electron chi connectivity index (χ1n) is 6.84. The van der Waals surface area contributed by atoms with Crippen molar-refractivity contribution in [2.45, 2.75) is 13.0 Å². The van der Waals surface area contributed by atoms with E-state index in [1.807, 2.05) is 0 Å². The largest absolute Gasteiger partial charge is 0.452 e. The monoisotopic (exact) mass is 313 g/mol. The zero-order chi connectivity index (χ0) is 16.1. The summed E-state index contributed by atoms with van der Waals surface area (Å²) in [5.74, 6) is -0.190. The number of aromatic nitrogens is 3. The molecule has 23 heavy (non-hydrogen) atoms. The van der Waals surface area contributed by atoms with Crippen molar-refractivity contribution in [2.24, 2.45) is 0 Å². The lowest BCUT2D eigenvalue weighted by atomic mass is 10.1. The molecule has 3 aromatic rings.